The van der Waals surface area contributed by atoms with E-state index in [1.165, 1.54) is 18.4 Å². The number of piperazine rings is 1. The molecule has 1 saturated carbocycles. The highest BCUT2D eigenvalue weighted by atomic mass is 79.9. The fourth-order valence-corrected chi connectivity index (χ4v) is 3.50. The number of rotatable bonds is 3. The van der Waals surface area contributed by atoms with Gasteiger partial charge >= 0.3 is 0 Å². The lowest BCUT2D eigenvalue weighted by molar-refractivity contribution is 0.0758. The van der Waals surface area contributed by atoms with Crippen LogP contribution in [0.3, 0.4) is 0 Å². The lowest BCUT2D eigenvalue weighted by Gasteiger charge is -2.45. The predicted molar refractivity (Wildman–Crippen MR) is 80.9 cm³/mol. The Morgan fingerprint density at radius 1 is 1.42 bits per heavy atom. The van der Waals surface area contributed by atoms with E-state index in [-0.39, 0.29) is 5.54 Å². The molecule has 0 spiro atoms. The summed E-state index contributed by atoms with van der Waals surface area (Å²) in [6.07, 6.45) is 6.65. The van der Waals surface area contributed by atoms with Crippen LogP contribution >= 0.6 is 15.9 Å². The molecule has 104 valence electrons. The summed E-state index contributed by atoms with van der Waals surface area (Å²) < 4.78 is 1.07. The van der Waals surface area contributed by atoms with Crippen molar-refractivity contribution in [3.8, 4) is 0 Å². The third-order valence-electron chi connectivity index (χ3n) is 4.17. The van der Waals surface area contributed by atoms with Crippen LogP contribution in [0.2, 0.25) is 0 Å². The average Bonchev–Trinajstić information content (AvgIpc) is 3.12. The molecule has 2 heterocycles. The second-order valence-electron chi connectivity index (χ2n) is 6.59. The van der Waals surface area contributed by atoms with Gasteiger partial charge in [0, 0.05) is 48.1 Å². The highest BCUT2D eigenvalue weighted by molar-refractivity contribution is 9.10. The molecule has 2 aliphatic rings. The Morgan fingerprint density at radius 3 is 2.89 bits per heavy atom. The molecule has 0 radical (unpaired) electrons. The molecule has 1 aromatic heterocycles. The molecule has 0 bridgehead atoms. The Labute approximate surface area is 123 Å². The summed E-state index contributed by atoms with van der Waals surface area (Å²) in [4.78, 5) is 6.93. The molecule has 1 N–H and O–H groups in total. The van der Waals surface area contributed by atoms with Crippen molar-refractivity contribution in [3.05, 3.63) is 28.5 Å². The average molecular weight is 324 g/mol. The van der Waals surface area contributed by atoms with E-state index in [2.05, 4.69) is 51.0 Å². The van der Waals surface area contributed by atoms with Crippen LogP contribution in [0.4, 0.5) is 0 Å². The van der Waals surface area contributed by atoms with Crippen LogP contribution in [0.15, 0.2) is 22.9 Å². The third-order valence-corrected chi connectivity index (χ3v) is 4.60. The minimum atomic E-state index is 0.213. The number of aromatic nitrogens is 1. The van der Waals surface area contributed by atoms with Gasteiger partial charge in [0.2, 0.25) is 0 Å². The Morgan fingerprint density at radius 2 is 2.21 bits per heavy atom. The van der Waals surface area contributed by atoms with E-state index < -0.39 is 0 Å². The van der Waals surface area contributed by atoms with Gasteiger partial charge in [0.25, 0.3) is 0 Å². The van der Waals surface area contributed by atoms with Crippen molar-refractivity contribution in [1.82, 2.24) is 15.2 Å². The topological polar surface area (TPSA) is 28.2 Å². The zero-order valence-corrected chi connectivity index (χ0v) is 13.3. The van der Waals surface area contributed by atoms with Crippen LogP contribution in [0.5, 0.6) is 0 Å². The van der Waals surface area contributed by atoms with Crippen molar-refractivity contribution < 1.29 is 0 Å². The largest absolute Gasteiger partial charge is 0.309 e. The molecule has 3 rings (SSSR count). The summed E-state index contributed by atoms with van der Waals surface area (Å²) in [5.74, 6) is 0.906. The number of nitrogens with one attached hydrogen (secondary N) is 1. The molecule has 19 heavy (non-hydrogen) atoms. The van der Waals surface area contributed by atoms with Gasteiger partial charge in [-0.3, -0.25) is 9.88 Å². The van der Waals surface area contributed by atoms with Crippen LogP contribution in [0.1, 0.15) is 32.3 Å². The molecule has 2 fully saturated rings. The van der Waals surface area contributed by atoms with Crippen molar-refractivity contribution in [1.29, 1.82) is 0 Å². The molecule has 0 amide bonds. The van der Waals surface area contributed by atoms with Gasteiger partial charge in [-0.15, -0.1) is 0 Å². The second kappa shape index (κ2) is 5.15. The number of nitrogens with zero attached hydrogens (tertiary/aromatic N) is 2. The molecule has 1 unspecified atom stereocenters. The molecule has 1 aliphatic heterocycles. The minimum absolute atomic E-state index is 0.213. The Balaban J connectivity index is 1.75. The van der Waals surface area contributed by atoms with Crippen molar-refractivity contribution in [2.75, 3.05) is 13.1 Å². The predicted octanol–water partition coefficient (Wildman–Crippen LogP) is 2.81. The minimum Gasteiger partial charge on any atom is -0.309 e. The quantitative estimate of drug-likeness (QED) is 0.927. The fraction of sp³-hybridized carbons (Fsp3) is 0.667. The van der Waals surface area contributed by atoms with Crippen LogP contribution in [-0.4, -0.2) is 34.6 Å². The highest BCUT2D eigenvalue weighted by Gasteiger charge is 2.40. The monoisotopic (exact) mass is 323 g/mol. The Bertz CT molecular complexity index is 456. The van der Waals surface area contributed by atoms with Gasteiger partial charge < -0.3 is 5.32 Å². The van der Waals surface area contributed by atoms with Gasteiger partial charge in [-0.2, -0.15) is 0 Å². The molecule has 3 nitrogen and oxygen atoms in total. The van der Waals surface area contributed by atoms with Gasteiger partial charge in [0.05, 0.1) is 0 Å². The van der Waals surface area contributed by atoms with Gasteiger partial charge in [-0.1, -0.05) is 0 Å². The van der Waals surface area contributed by atoms with Gasteiger partial charge in [-0.25, -0.2) is 0 Å². The summed E-state index contributed by atoms with van der Waals surface area (Å²) in [6, 6.07) is 2.89. The first-order chi connectivity index (χ1) is 9.03. The summed E-state index contributed by atoms with van der Waals surface area (Å²) in [5, 5.41) is 3.69. The smallest absolute Gasteiger partial charge is 0.0410 e. The van der Waals surface area contributed by atoms with Crippen molar-refractivity contribution in [3.63, 3.8) is 0 Å². The summed E-state index contributed by atoms with van der Waals surface area (Å²) in [6.45, 7) is 7.84. The van der Waals surface area contributed by atoms with E-state index in [1.807, 2.05) is 12.4 Å². The van der Waals surface area contributed by atoms with Crippen LogP contribution in [0, 0.1) is 5.92 Å². The summed E-state index contributed by atoms with van der Waals surface area (Å²) in [7, 11) is 0. The van der Waals surface area contributed by atoms with E-state index >= 15 is 0 Å². The number of hydrogen-bond donors (Lipinski definition) is 1. The lowest BCUT2D eigenvalue weighted by Crippen LogP contribution is -2.61. The van der Waals surface area contributed by atoms with E-state index in [0.29, 0.717) is 6.04 Å². The first kappa shape index (κ1) is 13.5. The zero-order chi connectivity index (χ0) is 13.5. The second-order valence-corrected chi connectivity index (χ2v) is 7.50. The molecular weight excluding hydrogens is 302 g/mol. The van der Waals surface area contributed by atoms with Crippen LogP contribution in [-0.2, 0) is 6.54 Å². The van der Waals surface area contributed by atoms with Crippen molar-refractivity contribution in [2.45, 2.75) is 44.8 Å². The van der Waals surface area contributed by atoms with Gasteiger partial charge in [0.1, 0.15) is 0 Å². The Hall–Kier alpha value is -0.450. The molecule has 1 aliphatic carbocycles. The first-order valence-corrected chi connectivity index (χ1v) is 7.91. The third kappa shape index (κ3) is 3.36. The van der Waals surface area contributed by atoms with Gasteiger partial charge in [0.15, 0.2) is 0 Å². The van der Waals surface area contributed by atoms with Crippen molar-refractivity contribution in [2.24, 2.45) is 5.92 Å². The van der Waals surface area contributed by atoms with Gasteiger partial charge in [-0.05, 0) is 60.2 Å². The number of pyridine rings is 1. The normalized spacial score (nSPS) is 27.4. The molecule has 1 aromatic rings. The first-order valence-electron chi connectivity index (χ1n) is 7.12. The summed E-state index contributed by atoms with van der Waals surface area (Å²) in [5.41, 5.74) is 1.52. The standard InChI is InChI=1S/C15H22BrN3/c1-15(2)10-19(14(8-18-15)12-3-4-12)9-11-5-13(16)7-17-6-11/h5-7,12,14,18H,3-4,8-10H2,1-2H3. The van der Waals surface area contributed by atoms with Crippen molar-refractivity contribution >= 4 is 15.9 Å². The highest BCUT2D eigenvalue weighted by Crippen LogP contribution is 2.37. The fourth-order valence-electron chi connectivity index (χ4n) is 3.09. The van der Waals surface area contributed by atoms with E-state index in [9.17, 15) is 0 Å². The molecule has 1 saturated heterocycles. The lowest BCUT2D eigenvalue weighted by atomic mass is 9.96. The number of halogens is 1. The van der Waals surface area contributed by atoms with Crippen LogP contribution in [0.25, 0.3) is 0 Å². The van der Waals surface area contributed by atoms with E-state index in [0.717, 1.165) is 30.0 Å². The molecule has 1 atom stereocenters. The molecule has 0 aromatic carbocycles. The maximum Gasteiger partial charge on any atom is 0.0410 e. The maximum absolute atomic E-state index is 4.28. The van der Waals surface area contributed by atoms with E-state index in [4.69, 9.17) is 0 Å². The maximum atomic E-state index is 4.28. The zero-order valence-electron chi connectivity index (χ0n) is 11.7. The molecular formula is C15H22BrN3. The number of hydrogen-bond acceptors (Lipinski definition) is 3. The molecule has 4 heteroatoms. The summed E-state index contributed by atoms with van der Waals surface area (Å²) >= 11 is 3.51. The van der Waals surface area contributed by atoms with Crippen LogP contribution < -0.4 is 5.32 Å². The van der Waals surface area contributed by atoms with E-state index in [1.54, 1.807) is 0 Å². The Kier molecular flexibility index (Phi) is 3.67. The SMILES string of the molecule is CC1(C)CN(Cc2cncc(Br)c2)C(C2CC2)CN1.